The van der Waals surface area contributed by atoms with Crippen LogP contribution < -0.4 is 20.3 Å². The Labute approximate surface area is 186 Å². The van der Waals surface area contributed by atoms with Crippen molar-refractivity contribution in [1.29, 1.82) is 0 Å². The summed E-state index contributed by atoms with van der Waals surface area (Å²) in [4.78, 5) is 27.3. The summed E-state index contributed by atoms with van der Waals surface area (Å²) in [5.41, 5.74) is 1.94. The second-order valence-electron chi connectivity index (χ2n) is 7.24. The minimum absolute atomic E-state index is 0. The van der Waals surface area contributed by atoms with Gasteiger partial charge in [0.25, 0.3) is 0 Å². The van der Waals surface area contributed by atoms with Gasteiger partial charge in [-0.1, -0.05) is 18.2 Å². The van der Waals surface area contributed by atoms with E-state index in [1.807, 2.05) is 18.2 Å². The van der Waals surface area contributed by atoms with E-state index < -0.39 is 23.7 Å². The van der Waals surface area contributed by atoms with E-state index in [0.717, 1.165) is 17.7 Å². The number of amides is 2. The van der Waals surface area contributed by atoms with Crippen molar-refractivity contribution in [3.8, 4) is 5.75 Å². The van der Waals surface area contributed by atoms with Crippen LogP contribution in [-0.2, 0) is 22.6 Å². The molecule has 2 aromatic rings. The molecule has 1 aliphatic heterocycles. The predicted molar refractivity (Wildman–Crippen MR) is 117 cm³/mol. The normalized spacial score (nSPS) is 16.6. The second-order valence-corrected chi connectivity index (χ2v) is 7.24. The molecule has 0 fully saturated rings. The zero-order chi connectivity index (χ0) is 21.8. The van der Waals surface area contributed by atoms with Gasteiger partial charge in [-0.25, -0.2) is 8.78 Å². The summed E-state index contributed by atoms with van der Waals surface area (Å²) in [5.74, 6) is -2.50. The Bertz CT molecular complexity index is 958. The van der Waals surface area contributed by atoms with Gasteiger partial charge in [-0.05, 0) is 44.5 Å². The highest BCUT2D eigenvalue weighted by molar-refractivity contribution is 6.00. The minimum Gasteiger partial charge on any atom is -0.496 e. The Morgan fingerprint density at radius 3 is 2.61 bits per heavy atom. The highest BCUT2D eigenvalue weighted by atomic mass is 35.5. The number of carbonyl (C=O) groups is 2. The number of para-hydroxylation sites is 1. The Morgan fingerprint density at radius 2 is 1.94 bits per heavy atom. The van der Waals surface area contributed by atoms with Crippen LogP contribution in [0.15, 0.2) is 36.4 Å². The summed E-state index contributed by atoms with van der Waals surface area (Å²) in [6, 6.07) is 8.21. The number of nitrogens with one attached hydrogen (secondary N) is 2. The van der Waals surface area contributed by atoms with Crippen LogP contribution in [0.4, 0.5) is 14.5 Å². The van der Waals surface area contributed by atoms with Gasteiger partial charge in [0.2, 0.25) is 11.8 Å². The lowest BCUT2D eigenvalue weighted by molar-refractivity contribution is -0.128. The Morgan fingerprint density at radius 1 is 1.26 bits per heavy atom. The monoisotopic (exact) mass is 453 g/mol. The van der Waals surface area contributed by atoms with E-state index in [9.17, 15) is 18.4 Å². The number of carbonyl (C=O) groups excluding carboxylic acids is 2. The molecule has 1 heterocycles. The first-order chi connectivity index (χ1) is 14.3. The molecule has 0 radical (unpaired) electrons. The molecule has 2 aromatic carbocycles. The number of ether oxygens (including phenoxy) is 1. The molecular formula is C22H26ClF2N3O3. The van der Waals surface area contributed by atoms with E-state index in [1.54, 1.807) is 20.0 Å². The van der Waals surface area contributed by atoms with Crippen molar-refractivity contribution in [2.45, 2.75) is 38.4 Å². The zero-order valence-electron chi connectivity index (χ0n) is 17.6. The molecule has 0 saturated carbocycles. The van der Waals surface area contributed by atoms with Gasteiger partial charge in [0, 0.05) is 17.3 Å². The lowest BCUT2D eigenvalue weighted by atomic mass is 10.1. The number of rotatable bonds is 6. The third-order valence-electron chi connectivity index (χ3n) is 5.34. The van der Waals surface area contributed by atoms with Crippen LogP contribution in [0.5, 0.6) is 5.75 Å². The van der Waals surface area contributed by atoms with E-state index >= 15 is 0 Å². The summed E-state index contributed by atoms with van der Waals surface area (Å²) >= 11 is 0. The molecule has 168 valence electrons. The molecule has 0 bridgehead atoms. The van der Waals surface area contributed by atoms with Crippen molar-refractivity contribution in [2.24, 2.45) is 0 Å². The smallest absolute Gasteiger partial charge is 0.249 e. The van der Waals surface area contributed by atoms with E-state index in [4.69, 9.17) is 4.74 Å². The molecule has 0 aromatic heterocycles. The molecule has 31 heavy (non-hydrogen) atoms. The molecule has 0 aliphatic carbocycles. The SMILES string of the molecule is CN[C@@H](C)C(=O)N[C@H]1CCc2ccccc2N(Cc2cc(F)c(F)cc2OC)C1=O.Cl. The molecule has 2 amide bonds. The molecule has 0 unspecified atom stereocenters. The Hall–Kier alpha value is -2.71. The number of halogens is 3. The lowest BCUT2D eigenvalue weighted by Crippen LogP contribution is -2.52. The fourth-order valence-electron chi connectivity index (χ4n) is 3.49. The average molecular weight is 454 g/mol. The molecule has 6 nitrogen and oxygen atoms in total. The number of nitrogens with zero attached hydrogens (tertiary/aromatic N) is 1. The fourth-order valence-corrected chi connectivity index (χ4v) is 3.49. The first-order valence-corrected chi connectivity index (χ1v) is 9.74. The first-order valence-electron chi connectivity index (χ1n) is 9.74. The van der Waals surface area contributed by atoms with Crippen LogP contribution in [0.2, 0.25) is 0 Å². The van der Waals surface area contributed by atoms with Crippen molar-refractivity contribution >= 4 is 29.9 Å². The first kappa shape index (κ1) is 24.6. The third kappa shape index (κ3) is 5.32. The number of methoxy groups -OCH3 is 1. The molecular weight excluding hydrogens is 428 g/mol. The molecule has 3 rings (SSSR count). The van der Waals surface area contributed by atoms with Crippen molar-refractivity contribution in [3.05, 3.63) is 59.2 Å². The maximum Gasteiger partial charge on any atom is 0.249 e. The maximum absolute atomic E-state index is 13.9. The maximum atomic E-state index is 13.9. The van der Waals surface area contributed by atoms with Crippen LogP contribution in [-0.4, -0.2) is 38.1 Å². The van der Waals surface area contributed by atoms with Crippen LogP contribution in [0.25, 0.3) is 0 Å². The van der Waals surface area contributed by atoms with E-state index in [2.05, 4.69) is 10.6 Å². The van der Waals surface area contributed by atoms with Gasteiger partial charge in [0.1, 0.15) is 11.8 Å². The van der Waals surface area contributed by atoms with Gasteiger partial charge < -0.3 is 20.3 Å². The summed E-state index contributed by atoms with van der Waals surface area (Å²) in [7, 11) is 3.02. The largest absolute Gasteiger partial charge is 0.496 e. The van der Waals surface area contributed by atoms with Crippen LogP contribution >= 0.6 is 12.4 Å². The van der Waals surface area contributed by atoms with Gasteiger partial charge in [-0.2, -0.15) is 0 Å². The molecule has 9 heteroatoms. The van der Waals surface area contributed by atoms with E-state index in [0.29, 0.717) is 24.1 Å². The summed E-state index contributed by atoms with van der Waals surface area (Å²) in [5, 5.41) is 5.65. The zero-order valence-corrected chi connectivity index (χ0v) is 18.4. The number of anilines is 1. The second kappa shape index (κ2) is 10.5. The van der Waals surface area contributed by atoms with Crippen molar-refractivity contribution < 1.29 is 23.1 Å². The third-order valence-corrected chi connectivity index (χ3v) is 5.34. The van der Waals surface area contributed by atoms with Gasteiger partial charge in [0.15, 0.2) is 11.6 Å². The van der Waals surface area contributed by atoms with Gasteiger partial charge >= 0.3 is 0 Å². The number of hydrogen-bond donors (Lipinski definition) is 2. The number of fused-ring (bicyclic) bond motifs is 1. The number of benzene rings is 2. The summed E-state index contributed by atoms with van der Waals surface area (Å²) in [6.45, 7) is 1.68. The summed E-state index contributed by atoms with van der Waals surface area (Å²) in [6.07, 6.45) is 1.02. The fraction of sp³-hybridized carbons (Fsp3) is 0.364. The minimum atomic E-state index is -1.02. The van der Waals surface area contributed by atoms with Gasteiger partial charge in [0.05, 0.1) is 19.7 Å². The molecule has 2 N–H and O–H groups in total. The lowest BCUT2D eigenvalue weighted by Gasteiger charge is -2.27. The highest BCUT2D eigenvalue weighted by Crippen LogP contribution is 2.31. The van der Waals surface area contributed by atoms with Crippen LogP contribution in [0, 0.1) is 11.6 Å². The number of aryl methyl sites for hydroxylation is 1. The molecule has 2 atom stereocenters. The topological polar surface area (TPSA) is 70.7 Å². The standard InChI is InChI=1S/C22H25F2N3O3.ClH/c1-13(25-2)21(28)26-18-9-8-14-6-4-5-7-19(14)27(22(18)29)12-15-10-16(23)17(24)11-20(15)30-3;/h4-7,10-11,13,18,25H,8-9,12H2,1-3H3,(H,26,28);1H/t13-,18-;/m0./s1. The quantitative estimate of drug-likeness (QED) is 0.705. The number of hydrogen-bond acceptors (Lipinski definition) is 4. The van der Waals surface area contributed by atoms with Gasteiger partial charge in [-0.15, -0.1) is 12.4 Å². The Kier molecular flexibility index (Phi) is 8.36. The number of likely N-dealkylation sites (N-methyl/N-ethyl adjacent to an activating group) is 1. The average Bonchev–Trinajstić information content (AvgIpc) is 2.87. The van der Waals surface area contributed by atoms with Crippen molar-refractivity contribution in [1.82, 2.24) is 10.6 Å². The van der Waals surface area contributed by atoms with Crippen LogP contribution in [0.3, 0.4) is 0 Å². The summed E-state index contributed by atoms with van der Waals surface area (Å²) < 4.78 is 32.7. The molecule has 0 spiro atoms. The van der Waals surface area contributed by atoms with Gasteiger partial charge in [-0.3, -0.25) is 9.59 Å². The van der Waals surface area contributed by atoms with Crippen LogP contribution in [0.1, 0.15) is 24.5 Å². The highest BCUT2D eigenvalue weighted by Gasteiger charge is 2.32. The molecule has 1 aliphatic rings. The Balaban J connectivity index is 0.00000341. The van der Waals surface area contributed by atoms with Crippen molar-refractivity contribution in [2.75, 3.05) is 19.1 Å². The van der Waals surface area contributed by atoms with E-state index in [1.165, 1.54) is 12.0 Å². The predicted octanol–water partition coefficient (Wildman–Crippen LogP) is 2.97. The molecule has 0 saturated heterocycles. The van der Waals surface area contributed by atoms with E-state index in [-0.39, 0.29) is 36.5 Å². The van der Waals surface area contributed by atoms with Crippen molar-refractivity contribution in [3.63, 3.8) is 0 Å².